The van der Waals surface area contributed by atoms with E-state index in [1.807, 2.05) is 36.4 Å². The molecule has 0 unspecified atom stereocenters. The summed E-state index contributed by atoms with van der Waals surface area (Å²) in [5, 5.41) is 10.5. The van der Waals surface area contributed by atoms with Crippen LogP contribution in [-0.2, 0) is 36.9 Å². The average Bonchev–Trinajstić information content (AvgIpc) is 3.82. The highest BCUT2D eigenvalue weighted by Gasteiger charge is 2.43. The minimum atomic E-state index is -0.789. The molecule has 2 amide bonds. The lowest BCUT2D eigenvalue weighted by molar-refractivity contribution is -0.133. The predicted molar refractivity (Wildman–Crippen MR) is 169 cm³/mol. The summed E-state index contributed by atoms with van der Waals surface area (Å²) in [4.78, 5) is 54.4. The molecular formula is C34H39ClN4O6. The molecule has 11 heteroatoms. The fraction of sp³-hybridized carbons (Fsp3) is 0.471. The van der Waals surface area contributed by atoms with Crippen LogP contribution in [0.1, 0.15) is 53.7 Å². The molecule has 3 heterocycles. The highest BCUT2D eigenvalue weighted by atomic mass is 35.5. The van der Waals surface area contributed by atoms with Gasteiger partial charge in [-0.15, -0.1) is 0 Å². The lowest BCUT2D eigenvalue weighted by Gasteiger charge is -2.24. The van der Waals surface area contributed by atoms with Crippen LogP contribution >= 0.6 is 11.6 Å². The number of halogens is 1. The number of carbonyl (C=O) groups excluding carboxylic acids is 4. The second kappa shape index (κ2) is 14.1. The third-order valence-electron chi connectivity index (χ3n) is 9.38. The highest BCUT2D eigenvalue weighted by Crippen LogP contribution is 2.37. The van der Waals surface area contributed by atoms with Crippen LogP contribution in [-0.4, -0.2) is 66.9 Å². The number of carbonyl (C=O) groups is 4. The van der Waals surface area contributed by atoms with Gasteiger partial charge in [0.05, 0.1) is 25.3 Å². The summed E-state index contributed by atoms with van der Waals surface area (Å²) in [6, 6.07) is 13.7. The number of benzene rings is 2. The number of hydrogen-bond donors (Lipinski definition) is 4. The van der Waals surface area contributed by atoms with Gasteiger partial charge in [0.25, 0.3) is 0 Å². The monoisotopic (exact) mass is 634 g/mol. The first-order valence-corrected chi connectivity index (χ1v) is 16.2. The van der Waals surface area contributed by atoms with Crippen molar-refractivity contribution in [1.82, 2.24) is 20.9 Å². The summed E-state index contributed by atoms with van der Waals surface area (Å²) >= 11 is 6.21. The number of amides is 2. The molecule has 1 aromatic heterocycles. The zero-order chi connectivity index (χ0) is 31.3. The maximum absolute atomic E-state index is 13.3. The molecule has 2 aliphatic heterocycles. The third kappa shape index (κ3) is 7.40. The molecule has 0 bridgehead atoms. The Morgan fingerprint density at radius 1 is 1.04 bits per heavy atom. The van der Waals surface area contributed by atoms with Gasteiger partial charge in [-0.25, -0.2) is 4.79 Å². The van der Waals surface area contributed by atoms with Gasteiger partial charge in [0.1, 0.15) is 12.3 Å². The van der Waals surface area contributed by atoms with Gasteiger partial charge in [-0.3, -0.25) is 14.4 Å². The van der Waals surface area contributed by atoms with Crippen LogP contribution in [0.15, 0.2) is 48.5 Å². The summed E-state index contributed by atoms with van der Waals surface area (Å²) in [7, 11) is 0. The van der Waals surface area contributed by atoms with Crippen molar-refractivity contribution in [1.29, 1.82) is 0 Å². The van der Waals surface area contributed by atoms with Gasteiger partial charge in [0.2, 0.25) is 11.8 Å². The van der Waals surface area contributed by atoms with Crippen molar-refractivity contribution in [2.45, 2.75) is 57.2 Å². The van der Waals surface area contributed by atoms with Crippen LogP contribution in [0.5, 0.6) is 0 Å². The fourth-order valence-electron chi connectivity index (χ4n) is 6.97. The summed E-state index contributed by atoms with van der Waals surface area (Å²) in [6.45, 7) is 1.62. The number of hydrogen-bond acceptors (Lipinski definition) is 7. The van der Waals surface area contributed by atoms with Gasteiger partial charge in [-0.1, -0.05) is 48.4 Å². The van der Waals surface area contributed by atoms with E-state index in [4.69, 9.17) is 21.1 Å². The molecule has 238 valence electrons. The van der Waals surface area contributed by atoms with Crippen molar-refractivity contribution < 1.29 is 28.7 Å². The van der Waals surface area contributed by atoms with Gasteiger partial charge in [0, 0.05) is 34.8 Å². The molecule has 10 nitrogen and oxygen atoms in total. The summed E-state index contributed by atoms with van der Waals surface area (Å²) in [5.74, 6) is -0.436. The number of aromatic nitrogens is 1. The second-order valence-corrected chi connectivity index (χ2v) is 12.8. The highest BCUT2D eigenvalue weighted by molar-refractivity contribution is 6.35. The second-order valence-electron chi connectivity index (χ2n) is 12.4. The van der Waals surface area contributed by atoms with Gasteiger partial charge < -0.3 is 30.4 Å². The number of rotatable bonds is 13. The Morgan fingerprint density at radius 2 is 1.89 bits per heavy atom. The molecule has 2 aromatic carbocycles. The van der Waals surface area contributed by atoms with E-state index in [-0.39, 0.29) is 55.8 Å². The van der Waals surface area contributed by atoms with E-state index in [9.17, 15) is 19.2 Å². The molecule has 45 heavy (non-hydrogen) atoms. The number of ketones is 1. The van der Waals surface area contributed by atoms with Gasteiger partial charge >= 0.3 is 5.97 Å². The van der Waals surface area contributed by atoms with E-state index < -0.39 is 12.0 Å². The number of Topliss-reactive ketones (excluding diaryl/α,β-unsaturated/α-hetero) is 1. The molecular weight excluding hydrogens is 596 g/mol. The van der Waals surface area contributed by atoms with E-state index in [2.05, 4.69) is 20.9 Å². The van der Waals surface area contributed by atoms with Gasteiger partial charge in [-0.2, -0.15) is 0 Å². The summed E-state index contributed by atoms with van der Waals surface area (Å²) in [6.07, 6.45) is 4.70. The van der Waals surface area contributed by atoms with Crippen LogP contribution in [0.2, 0.25) is 5.02 Å². The van der Waals surface area contributed by atoms with Gasteiger partial charge in [-0.05, 0) is 73.4 Å². The number of H-pyrrole nitrogens is 1. The summed E-state index contributed by atoms with van der Waals surface area (Å²) in [5.41, 5.74) is 2.94. The Balaban J connectivity index is 0.992. The van der Waals surface area contributed by atoms with Gasteiger partial charge in [0.15, 0.2) is 5.78 Å². The zero-order valence-corrected chi connectivity index (χ0v) is 25.9. The molecule has 1 saturated carbocycles. The SMILES string of the molecule is O=C(OCCc1cccc(COCC(=O)[C@H](C[C@@H]2CCNC2=O)NC(=O)[C@H]2NC[C@@H]3CCC[C@@H]32)c1)c1cc2c(Cl)cccc2[nH]1. The Kier molecular flexibility index (Phi) is 9.82. The molecule has 3 aromatic rings. The maximum atomic E-state index is 13.3. The Morgan fingerprint density at radius 3 is 2.71 bits per heavy atom. The van der Waals surface area contributed by atoms with Crippen LogP contribution in [0.25, 0.3) is 10.9 Å². The molecule has 6 rings (SSSR count). The first-order chi connectivity index (χ1) is 21.9. The van der Waals surface area contributed by atoms with Crippen LogP contribution in [0, 0.1) is 17.8 Å². The minimum Gasteiger partial charge on any atom is -0.461 e. The number of fused-ring (bicyclic) bond motifs is 2. The van der Waals surface area contributed by atoms with E-state index >= 15 is 0 Å². The zero-order valence-electron chi connectivity index (χ0n) is 25.1. The smallest absolute Gasteiger partial charge is 0.354 e. The average molecular weight is 635 g/mol. The lowest BCUT2D eigenvalue weighted by atomic mass is 9.92. The normalized spacial score (nSPS) is 23.1. The number of esters is 1. The first-order valence-electron chi connectivity index (χ1n) is 15.8. The quantitative estimate of drug-likeness (QED) is 0.210. The Labute approximate surface area is 266 Å². The van der Waals surface area contributed by atoms with Crippen LogP contribution in [0.3, 0.4) is 0 Å². The minimum absolute atomic E-state index is 0.0777. The van der Waals surface area contributed by atoms with Crippen molar-refractivity contribution >= 4 is 46.1 Å². The van der Waals surface area contributed by atoms with Crippen molar-refractivity contribution in [2.24, 2.45) is 17.8 Å². The fourth-order valence-corrected chi connectivity index (χ4v) is 7.20. The maximum Gasteiger partial charge on any atom is 0.354 e. The summed E-state index contributed by atoms with van der Waals surface area (Å²) < 4.78 is 11.3. The number of ether oxygens (including phenoxy) is 2. The largest absolute Gasteiger partial charge is 0.461 e. The van der Waals surface area contributed by atoms with E-state index in [0.29, 0.717) is 41.9 Å². The van der Waals surface area contributed by atoms with Crippen LogP contribution in [0.4, 0.5) is 0 Å². The topological polar surface area (TPSA) is 139 Å². The predicted octanol–water partition coefficient (Wildman–Crippen LogP) is 3.71. The van der Waals surface area contributed by atoms with Crippen molar-refractivity contribution in [3.05, 3.63) is 70.4 Å². The molecule has 0 spiro atoms. The van der Waals surface area contributed by atoms with E-state index in [1.165, 1.54) is 0 Å². The molecule has 3 fully saturated rings. The molecule has 2 saturated heterocycles. The number of aromatic amines is 1. The molecule has 5 atom stereocenters. The third-order valence-corrected chi connectivity index (χ3v) is 9.71. The molecule has 4 N–H and O–H groups in total. The van der Waals surface area contributed by atoms with E-state index in [1.54, 1.807) is 12.1 Å². The number of nitrogens with one attached hydrogen (secondary N) is 4. The van der Waals surface area contributed by atoms with E-state index in [0.717, 1.165) is 47.8 Å². The first kappa shape index (κ1) is 31.3. The molecule has 3 aliphatic rings. The van der Waals surface area contributed by atoms with Crippen molar-refractivity contribution in [3.63, 3.8) is 0 Å². The Hall–Kier alpha value is -3.73. The van der Waals surface area contributed by atoms with Crippen molar-refractivity contribution in [3.8, 4) is 0 Å². The Bertz CT molecular complexity index is 1570. The molecule has 0 radical (unpaired) electrons. The van der Waals surface area contributed by atoms with Crippen LogP contribution < -0.4 is 16.0 Å². The molecule has 1 aliphatic carbocycles. The van der Waals surface area contributed by atoms with Crippen molar-refractivity contribution in [2.75, 3.05) is 26.3 Å². The lowest BCUT2D eigenvalue weighted by Crippen LogP contribution is -2.51. The standard InChI is InChI=1S/C34H39ClN4O6/c35-26-8-3-9-27-25(26)16-29(38-27)34(43)45-13-11-20-4-1-5-21(14-20)18-44-19-30(40)28(15-22-10-12-36-32(22)41)39-33(42)31-24-7-2-6-23(24)17-37-31/h1,3-5,8-9,14,16,22-24,28,31,37-38H,2,6-7,10-13,15,17-19H2,(H,36,41)(H,39,42)/t22-,23-,24-,28-,31-/m0/s1.